The Kier molecular flexibility index (Phi) is 5.63. The summed E-state index contributed by atoms with van der Waals surface area (Å²) in [6.45, 7) is 6.28. The van der Waals surface area contributed by atoms with Crippen LogP contribution in [0, 0.1) is 11.8 Å². The molecule has 0 aliphatic carbocycles. The zero-order chi connectivity index (χ0) is 13.7. The van der Waals surface area contributed by atoms with Crippen LogP contribution >= 0.6 is 11.6 Å². The average molecular weight is 269 g/mol. The van der Waals surface area contributed by atoms with Crippen LogP contribution in [0.1, 0.15) is 32.4 Å². The molecule has 0 aromatic heterocycles. The summed E-state index contributed by atoms with van der Waals surface area (Å²) in [5.74, 6) is 0.0451. The van der Waals surface area contributed by atoms with E-state index in [9.17, 15) is 4.79 Å². The maximum absolute atomic E-state index is 11.9. The molecule has 0 aliphatic rings. The summed E-state index contributed by atoms with van der Waals surface area (Å²) in [6.07, 6.45) is 0. The summed E-state index contributed by atoms with van der Waals surface area (Å²) in [6, 6.07) is 7.51. The molecular weight excluding hydrogens is 248 g/mol. The van der Waals surface area contributed by atoms with E-state index >= 15 is 0 Å². The molecule has 4 heteroatoms. The van der Waals surface area contributed by atoms with Crippen LogP contribution in [-0.4, -0.2) is 12.5 Å². The molecule has 0 aliphatic heterocycles. The second kappa shape index (κ2) is 6.76. The first-order valence-electron chi connectivity index (χ1n) is 6.22. The second-order valence-electron chi connectivity index (χ2n) is 4.89. The molecule has 1 rings (SSSR count). The van der Waals surface area contributed by atoms with Gasteiger partial charge in [0.25, 0.3) is 0 Å². The topological polar surface area (TPSA) is 55.1 Å². The van der Waals surface area contributed by atoms with Crippen LogP contribution in [0.5, 0.6) is 0 Å². The highest BCUT2D eigenvalue weighted by Gasteiger charge is 2.22. The van der Waals surface area contributed by atoms with Gasteiger partial charge in [0.15, 0.2) is 0 Å². The van der Waals surface area contributed by atoms with Crippen molar-refractivity contribution in [2.24, 2.45) is 17.6 Å². The van der Waals surface area contributed by atoms with Crippen molar-refractivity contribution in [3.63, 3.8) is 0 Å². The van der Waals surface area contributed by atoms with E-state index in [0.29, 0.717) is 11.6 Å². The molecule has 3 nitrogen and oxygen atoms in total. The van der Waals surface area contributed by atoms with Crippen molar-refractivity contribution < 1.29 is 4.79 Å². The molecule has 2 atom stereocenters. The van der Waals surface area contributed by atoms with Gasteiger partial charge in [0, 0.05) is 17.5 Å². The fourth-order valence-corrected chi connectivity index (χ4v) is 1.99. The number of carbonyl (C=O) groups excluding carboxylic acids is 1. The summed E-state index contributed by atoms with van der Waals surface area (Å²) in [4.78, 5) is 11.9. The summed E-state index contributed by atoms with van der Waals surface area (Å²) in [5, 5.41) is 3.70. The molecule has 0 fully saturated rings. The van der Waals surface area contributed by atoms with Gasteiger partial charge in [-0.1, -0.05) is 50.6 Å². The number of hydrogen-bond donors (Lipinski definition) is 2. The van der Waals surface area contributed by atoms with Crippen molar-refractivity contribution >= 4 is 17.5 Å². The zero-order valence-electron chi connectivity index (χ0n) is 11.1. The van der Waals surface area contributed by atoms with Crippen LogP contribution in [0.4, 0.5) is 0 Å². The number of rotatable bonds is 5. The first-order valence-corrected chi connectivity index (χ1v) is 6.60. The van der Waals surface area contributed by atoms with Gasteiger partial charge in [-0.2, -0.15) is 0 Å². The van der Waals surface area contributed by atoms with Gasteiger partial charge in [0.2, 0.25) is 5.91 Å². The minimum atomic E-state index is -0.186. The third-order valence-corrected chi connectivity index (χ3v) is 3.35. The molecule has 0 radical (unpaired) electrons. The fourth-order valence-electron chi connectivity index (χ4n) is 1.73. The van der Waals surface area contributed by atoms with Crippen LogP contribution in [0.15, 0.2) is 24.3 Å². The van der Waals surface area contributed by atoms with Gasteiger partial charge in [-0.25, -0.2) is 0 Å². The van der Waals surface area contributed by atoms with E-state index < -0.39 is 0 Å². The predicted molar refractivity (Wildman–Crippen MR) is 75.4 cm³/mol. The highest BCUT2D eigenvalue weighted by atomic mass is 35.5. The lowest BCUT2D eigenvalue weighted by atomic mass is 9.95. The van der Waals surface area contributed by atoms with Crippen LogP contribution in [0.3, 0.4) is 0 Å². The highest BCUT2D eigenvalue weighted by molar-refractivity contribution is 6.31. The third-order valence-electron chi connectivity index (χ3n) is 3.01. The van der Waals surface area contributed by atoms with Gasteiger partial charge < -0.3 is 11.1 Å². The molecule has 2 unspecified atom stereocenters. The van der Waals surface area contributed by atoms with Crippen LogP contribution in [0.25, 0.3) is 0 Å². The van der Waals surface area contributed by atoms with E-state index in [1.165, 1.54) is 0 Å². The van der Waals surface area contributed by atoms with Gasteiger partial charge in [0.1, 0.15) is 0 Å². The molecule has 18 heavy (non-hydrogen) atoms. The van der Waals surface area contributed by atoms with Crippen molar-refractivity contribution in [2.45, 2.75) is 26.8 Å². The molecule has 1 aromatic rings. The molecule has 100 valence electrons. The van der Waals surface area contributed by atoms with E-state index in [4.69, 9.17) is 17.3 Å². The van der Waals surface area contributed by atoms with E-state index in [1.54, 1.807) is 0 Å². The van der Waals surface area contributed by atoms with Crippen LogP contribution in [0.2, 0.25) is 5.02 Å². The van der Waals surface area contributed by atoms with E-state index in [2.05, 4.69) is 19.2 Å². The molecule has 0 spiro atoms. The standard InChI is InChI=1S/C14H21ClN2O/c1-9(2)13(17-14(18)10(3)8-16)11-6-4-5-7-12(11)15/h4-7,9-10,13H,8,16H2,1-3H3,(H,17,18). The van der Waals surface area contributed by atoms with Crippen molar-refractivity contribution in [2.75, 3.05) is 6.54 Å². The van der Waals surface area contributed by atoms with Gasteiger partial charge >= 0.3 is 0 Å². The van der Waals surface area contributed by atoms with Crippen molar-refractivity contribution in [3.8, 4) is 0 Å². The molecule has 1 aromatic carbocycles. The Hall–Kier alpha value is -1.06. The van der Waals surface area contributed by atoms with Crippen molar-refractivity contribution in [1.82, 2.24) is 5.32 Å². The summed E-state index contributed by atoms with van der Waals surface area (Å²) in [7, 11) is 0. The van der Waals surface area contributed by atoms with E-state index in [-0.39, 0.29) is 23.8 Å². The van der Waals surface area contributed by atoms with Crippen molar-refractivity contribution in [1.29, 1.82) is 0 Å². The fraction of sp³-hybridized carbons (Fsp3) is 0.500. The molecule has 0 saturated carbocycles. The summed E-state index contributed by atoms with van der Waals surface area (Å²) < 4.78 is 0. The number of nitrogens with one attached hydrogen (secondary N) is 1. The minimum absolute atomic E-state index is 0.0314. The maximum atomic E-state index is 11.9. The maximum Gasteiger partial charge on any atom is 0.224 e. The SMILES string of the molecule is CC(CN)C(=O)NC(c1ccccc1Cl)C(C)C. The molecule has 0 heterocycles. The zero-order valence-corrected chi connectivity index (χ0v) is 11.9. The Bertz CT molecular complexity index is 407. The third kappa shape index (κ3) is 3.72. The smallest absolute Gasteiger partial charge is 0.224 e. The molecule has 0 saturated heterocycles. The van der Waals surface area contributed by atoms with E-state index in [1.807, 2.05) is 31.2 Å². The van der Waals surface area contributed by atoms with Crippen LogP contribution < -0.4 is 11.1 Å². The number of halogens is 1. The average Bonchev–Trinajstić information content (AvgIpc) is 2.35. The Morgan fingerprint density at radius 3 is 2.44 bits per heavy atom. The van der Waals surface area contributed by atoms with Crippen molar-refractivity contribution in [3.05, 3.63) is 34.9 Å². The number of amides is 1. The predicted octanol–water partition coefficient (Wildman–Crippen LogP) is 2.75. The molecule has 3 N–H and O–H groups in total. The normalized spacial score (nSPS) is 14.3. The second-order valence-corrected chi connectivity index (χ2v) is 5.30. The molecule has 0 bridgehead atoms. The highest BCUT2D eigenvalue weighted by Crippen LogP contribution is 2.28. The lowest BCUT2D eigenvalue weighted by molar-refractivity contribution is -0.125. The van der Waals surface area contributed by atoms with E-state index in [0.717, 1.165) is 5.56 Å². The number of benzene rings is 1. The van der Waals surface area contributed by atoms with Gasteiger partial charge in [-0.05, 0) is 17.5 Å². The first kappa shape index (κ1) is 15.0. The number of nitrogens with two attached hydrogens (primary N) is 1. The summed E-state index contributed by atoms with van der Waals surface area (Å²) >= 11 is 6.18. The Balaban J connectivity index is 2.91. The Morgan fingerprint density at radius 1 is 1.33 bits per heavy atom. The van der Waals surface area contributed by atoms with Crippen LogP contribution in [-0.2, 0) is 4.79 Å². The lowest BCUT2D eigenvalue weighted by Crippen LogP contribution is -2.38. The first-order chi connectivity index (χ1) is 8.47. The molecular formula is C14H21ClN2O. The Morgan fingerprint density at radius 2 is 1.94 bits per heavy atom. The summed E-state index contributed by atoms with van der Waals surface area (Å²) in [5.41, 5.74) is 6.46. The monoisotopic (exact) mass is 268 g/mol. The number of hydrogen-bond acceptors (Lipinski definition) is 2. The Labute approximate surface area is 114 Å². The largest absolute Gasteiger partial charge is 0.349 e. The molecule has 1 amide bonds. The quantitative estimate of drug-likeness (QED) is 0.863. The minimum Gasteiger partial charge on any atom is -0.349 e. The number of carbonyl (C=O) groups is 1. The van der Waals surface area contributed by atoms with Gasteiger partial charge in [-0.3, -0.25) is 4.79 Å². The lowest BCUT2D eigenvalue weighted by Gasteiger charge is -2.25. The van der Waals surface area contributed by atoms with Gasteiger partial charge in [0.05, 0.1) is 6.04 Å². The van der Waals surface area contributed by atoms with Gasteiger partial charge in [-0.15, -0.1) is 0 Å².